The summed E-state index contributed by atoms with van der Waals surface area (Å²) in [6, 6.07) is 18.9. The smallest absolute Gasteiger partial charge is 0.344 e. The quantitative estimate of drug-likeness (QED) is 0.442. The number of benzene rings is 2. The molecular weight excluding hydrogens is 428 g/mol. The average Bonchev–Trinajstić information content (AvgIpc) is 3.33. The van der Waals surface area contributed by atoms with Crippen molar-refractivity contribution in [2.75, 3.05) is 18.0 Å². The van der Waals surface area contributed by atoms with Crippen LogP contribution in [0, 0.1) is 0 Å². The summed E-state index contributed by atoms with van der Waals surface area (Å²) in [6.45, 7) is 4.19. The van der Waals surface area contributed by atoms with Crippen LogP contribution in [0.1, 0.15) is 47.8 Å². The Morgan fingerprint density at radius 2 is 1.79 bits per heavy atom. The number of piperidine rings is 1. The number of hydrogen-bond donors (Lipinski definition) is 1. The SMILES string of the molecule is CC(Oc1cccc(C=CCn2cccc2C(=O)c2ccc(N3CCCCC3)cc2)c1)C(=O)O. The Morgan fingerprint density at radius 3 is 2.53 bits per heavy atom. The number of carboxylic acid groups (broad SMARTS) is 1. The molecule has 1 unspecified atom stereocenters. The van der Waals surface area contributed by atoms with Crippen LogP contribution in [-0.4, -0.2) is 40.6 Å². The van der Waals surface area contributed by atoms with Crippen LogP contribution in [-0.2, 0) is 11.3 Å². The van der Waals surface area contributed by atoms with Crippen molar-refractivity contribution < 1.29 is 19.4 Å². The van der Waals surface area contributed by atoms with Crippen LogP contribution >= 0.6 is 0 Å². The third-order valence-electron chi connectivity index (χ3n) is 6.04. The minimum Gasteiger partial charge on any atom is -0.479 e. The molecule has 3 aromatic rings. The van der Waals surface area contributed by atoms with E-state index in [0.29, 0.717) is 23.6 Å². The number of nitrogens with zero attached hydrogens (tertiary/aromatic N) is 2. The largest absolute Gasteiger partial charge is 0.479 e. The number of rotatable bonds is 9. The Hall–Kier alpha value is -3.80. The molecule has 0 radical (unpaired) electrons. The van der Waals surface area contributed by atoms with Crippen molar-refractivity contribution in [2.45, 2.75) is 38.8 Å². The average molecular weight is 459 g/mol. The molecule has 1 aliphatic heterocycles. The highest BCUT2D eigenvalue weighted by Gasteiger charge is 2.15. The second-order valence-electron chi connectivity index (χ2n) is 8.54. The van der Waals surface area contributed by atoms with Crippen LogP contribution in [0.4, 0.5) is 5.69 Å². The molecule has 0 amide bonds. The van der Waals surface area contributed by atoms with E-state index in [-0.39, 0.29) is 5.78 Å². The first-order valence-electron chi connectivity index (χ1n) is 11.7. The lowest BCUT2D eigenvalue weighted by Crippen LogP contribution is -2.29. The van der Waals surface area contributed by atoms with E-state index >= 15 is 0 Å². The molecule has 0 spiro atoms. The van der Waals surface area contributed by atoms with Crippen LogP contribution in [0.3, 0.4) is 0 Å². The highest BCUT2D eigenvalue weighted by Crippen LogP contribution is 2.22. The molecule has 1 atom stereocenters. The van der Waals surface area contributed by atoms with E-state index in [0.717, 1.165) is 18.7 Å². The van der Waals surface area contributed by atoms with Gasteiger partial charge in [-0.15, -0.1) is 0 Å². The maximum Gasteiger partial charge on any atom is 0.344 e. The zero-order valence-electron chi connectivity index (χ0n) is 19.4. The van der Waals surface area contributed by atoms with Gasteiger partial charge < -0.3 is 19.3 Å². The second-order valence-corrected chi connectivity index (χ2v) is 8.54. The Labute approximate surface area is 200 Å². The minimum absolute atomic E-state index is 0.00153. The van der Waals surface area contributed by atoms with Gasteiger partial charge in [0.05, 0.1) is 5.69 Å². The van der Waals surface area contributed by atoms with Gasteiger partial charge in [0.15, 0.2) is 6.10 Å². The zero-order chi connectivity index (χ0) is 23.9. The van der Waals surface area contributed by atoms with Gasteiger partial charge in [-0.1, -0.05) is 24.3 Å². The van der Waals surface area contributed by atoms with Gasteiger partial charge >= 0.3 is 5.97 Å². The number of anilines is 1. The second kappa shape index (κ2) is 10.9. The Kier molecular flexibility index (Phi) is 7.48. The van der Waals surface area contributed by atoms with E-state index in [1.54, 1.807) is 12.1 Å². The monoisotopic (exact) mass is 458 g/mol. The lowest BCUT2D eigenvalue weighted by Gasteiger charge is -2.28. The van der Waals surface area contributed by atoms with Crippen LogP contribution in [0.2, 0.25) is 0 Å². The molecule has 2 aromatic carbocycles. The van der Waals surface area contributed by atoms with Gasteiger partial charge in [0.1, 0.15) is 5.75 Å². The van der Waals surface area contributed by atoms with E-state index < -0.39 is 12.1 Å². The highest BCUT2D eigenvalue weighted by molar-refractivity contribution is 6.08. The Balaban J connectivity index is 1.40. The lowest BCUT2D eigenvalue weighted by atomic mass is 10.1. The molecule has 2 heterocycles. The van der Waals surface area contributed by atoms with Gasteiger partial charge in [-0.2, -0.15) is 0 Å². The fourth-order valence-corrected chi connectivity index (χ4v) is 4.15. The van der Waals surface area contributed by atoms with Gasteiger partial charge in [-0.25, -0.2) is 4.79 Å². The minimum atomic E-state index is -1.01. The summed E-state index contributed by atoms with van der Waals surface area (Å²) < 4.78 is 7.35. The van der Waals surface area contributed by atoms with E-state index in [1.807, 2.05) is 71.4 Å². The van der Waals surface area contributed by atoms with Crippen LogP contribution < -0.4 is 9.64 Å². The van der Waals surface area contributed by atoms with Crippen molar-refractivity contribution in [1.29, 1.82) is 0 Å². The number of ketones is 1. The third-order valence-corrected chi connectivity index (χ3v) is 6.04. The fraction of sp³-hybridized carbons (Fsp3) is 0.286. The van der Waals surface area contributed by atoms with Crippen LogP contribution in [0.5, 0.6) is 5.75 Å². The van der Waals surface area contributed by atoms with Crippen molar-refractivity contribution in [1.82, 2.24) is 4.57 Å². The summed E-state index contributed by atoms with van der Waals surface area (Å²) in [7, 11) is 0. The number of carbonyl (C=O) groups excluding carboxylic acids is 1. The van der Waals surface area contributed by atoms with Crippen molar-refractivity contribution in [2.24, 2.45) is 0 Å². The molecule has 0 bridgehead atoms. The summed E-state index contributed by atoms with van der Waals surface area (Å²) in [5.74, 6) is -0.504. The molecule has 176 valence electrons. The maximum absolute atomic E-state index is 13.1. The normalized spacial score (nSPS) is 14.8. The molecule has 1 N–H and O–H groups in total. The molecule has 1 saturated heterocycles. The van der Waals surface area contributed by atoms with Crippen molar-refractivity contribution in [3.8, 4) is 5.75 Å². The molecule has 0 aliphatic carbocycles. The van der Waals surface area contributed by atoms with E-state index in [1.165, 1.54) is 31.9 Å². The molecule has 1 aromatic heterocycles. The number of allylic oxidation sites excluding steroid dienone is 1. The molecular formula is C28H30N2O4. The summed E-state index contributed by atoms with van der Waals surface area (Å²) in [4.78, 5) is 26.5. The summed E-state index contributed by atoms with van der Waals surface area (Å²) in [6.07, 6.45) is 8.62. The Morgan fingerprint density at radius 1 is 1.03 bits per heavy atom. The topological polar surface area (TPSA) is 71.8 Å². The first-order valence-corrected chi connectivity index (χ1v) is 11.7. The van der Waals surface area contributed by atoms with Crippen LogP contribution in [0.15, 0.2) is 72.9 Å². The van der Waals surface area contributed by atoms with E-state index in [9.17, 15) is 9.59 Å². The third kappa shape index (κ3) is 5.76. The number of carboxylic acids is 1. The Bertz CT molecular complexity index is 1160. The molecule has 0 saturated carbocycles. The zero-order valence-corrected chi connectivity index (χ0v) is 19.4. The van der Waals surface area contributed by atoms with Crippen LogP contribution in [0.25, 0.3) is 6.08 Å². The molecule has 1 aliphatic rings. The number of hydrogen-bond acceptors (Lipinski definition) is 4. The molecule has 34 heavy (non-hydrogen) atoms. The maximum atomic E-state index is 13.1. The predicted octanol–water partition coefficient (Wildman–Crippen LogP) is 5.27. The van der Waals surface area contributed by atoms with Gasteiger partial charge in [0.25, 0.3) is 0 Å². The van der Waals surface area contributed by atoms with Crippen molar-refractivity contribution >= 4 is 23.5 Å². The number of carbonyl (C=O) groups is 2. The number of aromatic nitrogens is 1. The summed E-state index contributed by atoms with van der Waals surface area (Å²) >= 11 is 0. The summed E-state index contributed by atoms with van der Waals surface area (Å²) in [5.41, 5.74) is 3.40. The molecule has 1 fully saturated rings. The first-order chi connectivity index (χ1) is 16.5. The van der Waals surface area contributed by atoms with Gasteiger partial charge in [0, 0.05) is 37.1 Å². The summed E-state index contributed by atoms with van der Waals surface area (Å²) in [5, 5.41) is 9.01. The molecule has 6 nitrogen and oxygen atoms in total. The highest BCUT2D eigenvalue weighted by atomic mass is 16.5. The number of ether oxygens (including phenoxy) is 1. The van der Waals surface area contributed by atoms with E-state index in [4.69, 9.17) is 9.84 Å². The predicted molar refractivity (Wildman–Crippen MR) is 134 cm³/mol. The first kappa shape index (κ1) is 23.4. The van der Waals surface area contributed by atoms with Gasteiger partial charge in [-0.05, 0) is 80.3 Å². The van der Waals surface area contributed by atoms with E-state index in [2.05, 4.69) is 4.90 Å². The van der Waals surface area contributed by atoms with Gasteiger partial charge in [-0.3, -0.25) is 4.79 Å². The molecule has 4 rings (SSSR count). The fourth-order valence-electron chi connectivity index (χ4n) is 4.15. The van der Waals surface area contributed by atoms with Crippen molar-refractivity contribution in [3.05, 3.63) is 89.8 Å². The number of aliphatic carboxylic acids is 1. The van der Waals surface area contributed by atoms with Gasteiger partial charge in [0.2, 0.25) is 5.78 Å². The molecule has 6 heteroatoms. The lowest BCUT2D eigenvalue weighted by molar-refractivity contribution is -0.144. The standard InChI is InChI=1S/C28H30N2O4/c1-21(28(32)33)34-25-10-5-8-22(20-25)9-6-18-30-19-7-11-26(30)27(31)23-12-14-24(15-13-23)29-16-3-2-4-17-29/h5-15,19-21H,2-4,16-18H2,1H3,(H,32,33). The van der Waals surface area contributed by atoms with Crippen molar-refractivity contribution in [3.63, 3.8) is 0 Å².